The summed E-state index contributed by atoms with van der Waals surface area (Å²) in [6.07, 6.45) is 0.704. The standard InChI is InChI=1S/C22H35N3O4/c1-16(2)11-19(22(28)23-5)12-21(27)25(13-17(3)4)14-20(26)24-29-15-18-9-7-6-8-10-18/h6-10,16-17,19H,11-15H2,1-5H3,(H,23,28)(H,24,26). The van der Waals surface area contributed by atoms with Crippen molar-refractivity contribution < 1.29 is 19.2 Å². The zero-order chi connectivity index (χ0) is 21.8. The highest BCUT2D eigenvalue weighted by molar-refractivity contribution is 5.88. The molecule has 0 aromatic heterocycles. The van der Waals surface area contributed by atoms with Crippen molar-refractivity contribution in [2.75, 3.05) is 20.1 Å². The number of benzene rings is 1. The van der Waals surface area contributed by atoms with Crippen LogP contribution in [0.15, 0.2) is 30.3 Å². The van der Waals surface area contributed by atoms with E-state index >= 15 is 0 Å². The molecule has 2 N–H and O–H groups in total. The van der Waals surface area contributed by atoms with Crippen LogP contribution < -0.4 is 10.8 Å². The molecule has 0 spiro atoms. The smallest absolute Gasteiger partial charge is 0.263 e. The van der Waals surface area contributed by atoms with Gasteiger partial charge in [0.25, 0.3) is 5.91 Å². The van der Waals surface area contributed by atoms with Crippen molar-refractivity contribution in [1.82, 2.24) is 15.7 Å². The lowest BCUT2D eigenvalue weighted by molar-refractivity contribution is -0.144. The quantitative estimate of drug-likeness (QED) is 0.523. The number of rotatable bonds is 12. The lowest BCUT2D eigenvalue weighted by Crippen LogP contribution is -2.44. The minimum Gasteiger partial charge on any atom is -0.359 e. The van der Waals surface area contributed by atoms with Gasteiger partial charge >= 0.3 is 0 Å². The Labute approximate surface area is 174 Å². The van der Waals surface area contributed by atoms with Crippen LogP contribution in [0.25, 0.3) is 0 Å². The molecule has 7 nitrogen and oxygen atoms in total. The van der Waals surface area contributed by atoms with E-state index in [2.05, 4.69) is 10.8 Å². The Bertz CT molecular complexity index is 647. The normalized spacial score (nSPS) is 12.0. The van der Waals surface area contributed by atoms with Crippen LogP contribution in [-0.2, 0) is 25.8 Å². The molecule has 0 heterocycles. The van der Waals surface area contributed by atoms with Crippen molar-refractivity contribution in [3.05, 3.63) is 35.9 Å². The van der Waals surface area contributed by atoms with Crippen LogP contribution in [0.4, 0.5) is 0 Å². The molecule has 0 saturated heterocycles. The molecule has 1 aromatic carbocycles. The van der Waals surface area contributed by atoms with Crippen LogP contribution >= 0.6 is 0 Å². The third-order valence-corrected chi connectivity index (χ3v) is 4.33. The van der Waals surface area contributed by atoms with Crippen LogP contribution in [0.1, 0.15) is 46.1 Å². The van der Waals surface area contributed by atoms with Crippen molar-refractivity contribution in [2.45, 2.75) is 47.1 Å². The molecule has 1 aromatic rings. The van der Waals surface area contributed by atoms with Gasteiger partial charge in [-0.15, -0.1) is 0 Å². The number of carbonyl (C=O) groups is 3. The molecule has 0 saturated carbocycles. The summed E-state index contributed by atoms with van der Waals surface area (Å²) in [6.45, 7) is 8.58. The van der Waals surface area contributed by atoms with Crippen molar-refractivity contribution in [3.8, 4) is 0 Å². The Balaban J connectivity index is 2.65. The second kappa shape index (κ2) is 12.9. The van der Waals surface area contributed by atoms with Gasteiger partial charge in [-0.1, -0.05) is 58.0 Å². The molecular formula is C22H35N3O4. The fraction of sp³-hybridized carbons (Fsp3) is 0.591. The summed E-state index contributed by atoms with van der Waals surface area (Å²) in [7, 11) is 1.57. The van der Waals surface area contributed by atoms with E-state index in [1.165, 1.54) is 4.90 Å². The molecule has 0 aliphatic carbocycles. The van der Waals surface area contributed by atoms with Crippen LogP contribution in [0.5, 0.6) is 0 Å². The van der Waals surface area contributed by atoms with Gasteiger partial charge in [-0.05, 0) is 23.8 Å². The molecule has 7 heteroatoms. The molecule has 3 amide bonds. The highest BCUT2D eigenvalue weighted by atomic mass is 16.6. The first-order valence-corrected chi connectivity index (χ1v) is 10.2. The van der Waals surface area contributed by atoms with Gasteiger partial charge in [0, 0.05) is 25.9 Å². The molecule has 0 radical (unpaired) electrons. The zero-order valence-electron chi connectivity index (χ0n) is 18.2. The van der Waals surface area contributed by atoms with E-state index in [-0.39, 0.29) is 37.3 Å². The predicted molar refractivity (Wildman–Crippen MR) is 112 cm³/mol. The van der Waals surface area contributed by atoms with Gasteiger partial charge in [-0.25, -0.2) is 5.48 Å². The first-order chi connectivity index (χ1) is 13.7. The molecule has 29 heavy (non-hydrogen) atoms. The van der Waals surface area contributed by atoms with Crippen LogP contribution in [0.2, 0.25) is 0 Å². The molecule has 0 aliphatic rings. The number of hydrogen-bond acceptors (Lipinski definition) is 4. The van der Waals surface area contributed by atoms with Gasteiger partial charge in [0.15, 0.2) is 0 Å². The highest BCUT2D eigenvalue weighted by Gasteiger charge is 2.26. The largest absolute Gasteiger partial charge is 0.359 e. The van der Waals surface area contributed by atoms with Gasteiger partial charge in [0.05, 0.1) is 6.61 Å². The average Bonchev–Trinajstić information content (AvgIpc) is 2.66. The number of hydroxylamine groups is 1. The summed E-state index contributed by atoms with van der Waals surface area (Å²) in [4.78, 5) is 44.0. The molecule has 1 rings (SSSR count). The Morgan fingerprint density at radius 1 is 1.03 bits per heavy atom. The van der Waals surface area contributed by atoms with E-state index in [1.54, 1.807) is 7.05 Å². The van der Waals surface area contributed by atoms with Gasteiger partial charge in [-0.2, -0.15) is 0 Å². The molecular weight excluding hydrogens is 370 g/mol. The van der Waals surface area contributed by atoms with Crippen LogP contribution in [0.3, 0.4) is 0 Å². The summed E-state index contributed by atoms with van der Waals surface area (Å²) in [5, 5.41) is 2.63. The lowest BCUT2D eigenvalue weighted by Gasteiger charge is -2.26. The lowest BCUT2D eigenvalue weighted by atomic mass is 9.92. The second-order valence-electron chi connectivity index (χ2n) is 8.11. The number of amides is 3. The molecule has 0 bridgehead atoms. The minimum absolute atomic E-state index is 0.0860. The number of hydrogen-bond donors (Lipinski definition) is 2. The fourth-order valence-corrected chi connectivity index (χ4v) is 3.07. The Hall–Kier alpha value is -2.41. The van der Waals surface area contributed by atoms with Crippen molar-refractivity contribution >= 4 is 17.7 Å². The second-order valence-corrected chi connectivity index (χ2v) is 8.11. The summed E-state index contributed by atoms with van der Waals surface area (Å²) in [5.74, 6) is -0.660. The maximum absolute atomic E-state index is 12.8. The van der Waals surface area contributed by atoms with Crippen LogP contribution in [-0.4, -0.2) is 42.8 Å². The zero-order valence-corrected chi connectivity index (χ0v) is 18.2. The molecule has 162 valence electrons. The van der Waals surface area contributed by atoms with Crippen molar-refractivity contribution in [3.63, 3.8) is 0 Å². The topological polar surface area (TPSA) is 87.7 Å². The third kappa shape index (κ3) is 10.1. The Morgan fingerprint density at radius 3 is 2.24 bits per heavy atom. The van der Waals surface area contributed by atoms with E-state index in [9.17, 15) is 14.4 Å². The molecule has 0 aliphatic heterocycles. The minimum atomic E-state index is -0.403. The SMILES string of the molecule is CNC(=O)C(CC(=O)N(CC(=O)NOCc1ccccc1)CC(C)C)CC(C)C. The van der Waals surface area contributed by atoms with Crippen LogP contribution in [0, 0.1) is 17.8 Å². The average molecular weight is 406 g/mol. The molecule has 0 fully saturated rings. The van der Waals surface area contributed by atoms with E-state index < -0.39 is 11.8 Å². The maximum Gasteiger partial charge on any atom is 0.263 e. The summed E-state index contributed by atoms with van der Waals surface area (Å²) in [6, 6.07) is 9.48. The van der Waals surface area contributed by atoms with E-state index in [0.717, 1.165) is 5.56 Å². The van der Waals surface area contributed by atoms with Crippen molar-refractivity contribution in [2.24, 2.45) is 17.8 Å². The Morgan fingerprint density at radius 2 is 1.69 bits per heavy atom. The van der Waals surface area contributed by atoms with Crippen molar-refractivity contribution in [1.29, 1.82) is 0 Å². The summed E-state index contributed by atoms with van der Waals surface area (Å²) in [5.41, 5.74) is 3.33. The van der Waals surface area contributed by atoms with Gasteiger partial charge < -0.3 is 10.2 Å². The Kier molecular flexibility index (Phi) is 11.0. The molecule has 1 atom stereocenters. The highest BCUT2D eigenvalue weighted by Crippen LogP contribution is 2.17. The van der Waals surface area contributed by atoms with Gasteiger partial charge in [-0.3, -0.25) is 19.2 Å². The van der Waals surface area contributed by atoms with E-state index in [1.807, 2.05) is 58.0 Å². The summed E-state index contributed by atoms with van der Waals surface area (Å²) >= 11 is 0. The van der Waals surface area contributed by atoms with Gasteiger partial charge in [0.1, 0.15) is 6.54 Å². The predicted octanol–water partition coefficient (Wildman–Crippen LogP) is 2.52. The number of carbonyl (C=O) groups excluding carboxylic acids is 3. The summed E-state index contributed by atoms with van der Waals surface area (Å²) < 4.78 is 0. The maximum atomic E-state index is 12.8. The first kappa shape index (κ1) is 24.6. The number of nitrogens with zero attached hydrogens (tertiary/aromatic N) is 1. The fourth-order valence-electron chi connectivity index (χ4n) is 3.07. The van der Waals surface area contributed by atoms with E-state index in [4.69, 9.17) is 4.84 Å². The monoisotopic (exact) mass is 405 g/mol. The van der Waals surface area contributed by atoms with Gasteiger partial charge in [0.2, 0.25) is 11.8 Å². The van der Waals surface area contributed by atoms with E-state index in [0.29, 0.717) is 18.9 Å². The molecule has 1 unspecified atom stereocenters. The first-order valence-electron chi connectivity index (χ1n) is 10.2. The number of nitrogens with one attached hydrogen (secondary N) is 2. The third-order valence-electron chi connectivity index (χ3n) is 4.33.